The molecule has 1 heterocycles. The number of urea groups is 1. The molecule has 1 unspecified atom stereocenters. The molecule has 0 aromatic heterocycles. The van der Waals surface area contributed by atoms with Crippen LogP contribution in [0.25, 0.3) is 0 Å². The summed E-state index contributed by atoms with van der Waals surface area (Å²) in [6.45, 7) is 14.3. The molecule has 8 heteroatoms. The Kier molecular flexibility index (Phi) is 9.70. The molecular weight excluding hydrogens is 456 g/mol. The second-order valence-corrected chi connectivity index (χ2v) is 9.76. The van der Waals surface area contributed by atoms with E-state index in [2.05, 4.69) is 61.9 Å². The van der Waals surface area contributed by atoms with Gasteiger partial charge in [-0.3, -0.25) is 4.90 Å². The maximum absolute atomic E-state index is 13.1. The van der Waals surface area contributed by atoms with Crippen LogP contribution in [0.4, 0.5) is 16.2 Å². The molecule has 1 N–H and O–H groups in total. The Balaban J connectivity index is 1.59. The average Bonchev–Trinajstić information content (AvgIpc) is 2.86. The van der Waals surface area contributed by atoms with Gasteiger partial charge in [-0.25, -0.2) is 4.79 Å². The van der Waals surface area contributed by atoms with E-state index in [-0.39, 0.29) is 12.1 Å². The Labute approximate surface area is 216 Å². The first-order valence-electron chi connectivity index (χ1n) is 12.8. The van der Waals surface area contributed by atoms with E-state index in [9.17, 15) is 4.79 Å². The third-order valence-electron chi connectivity index (χ3n) is 6.67. The normalized spacial score (nSPS) is 16.0. The number of piperazine rings is 1. The van der Waals surface area contributed by atoms with Gasteiger partial charge in [0.2, 0.25) is 0 Å². The maximum Gasteiger partial charge on any atom is 0.321 e. The van der Waals surface area contributed by atoms with E-state index in [1.807, 2.05) is 35.2 Å². The van der Waals surface area contributed by atoms with Crippen LogP contribution in [0.15, 0.2) is 42.5 Å². The second-order valence-electron chi connectivity index (χ2n) is 9.76. The topological polar surface area (TPSA) is 66.5 Å². The predicted molar refractivity (Wildman–Crippen MR) is 146 cm³/mol. The first kappa shape index (κ1) is 27.5. The van der Waals surface area contributed by atoms with Crippen LogP contribution in [-0.2, 0) is 0 Å². The van der Waals surface area contributed by atoms with Crippen LogP contribution in [0, 0.1) is 0 Å². The molecule has 3 rings (SSSR count). The monoisotopic (exact) mass is 498 g/mol. The number of nitrogens with zero attached hydrogens (tertiary/aromatic N) is 3. The van der Waals surface area contributed by atoms with Crippen molar-refractivity contribution in [2.45, 2.75) is 52.7 Å². The minimum atomic E-state index is -0.113. The Bertz CT molecular complexity index is 972. The minimum absolute atomic E-state index is 0.113. The summed E-state index contributed by atoms with van der Waals surface area (Å²) >= 11 is 0. The third-order valence-corrected chi connectivity index (χ3v) is 6.67. The highest BCUT2D eigenvalue weighted by Crippen LogP contribution is 2.31. The van der Waals surface area contributed by atoms with Crippen LogP contribution in [0.3, 0.4) is 0 Å². The first-order chi connectivity index (χ1) is 17.2. The number of ether oxygens (including phenoxy) is 3. The lowest BCUT2D eigenvalue weighted by Crippen LogP contribution is -2.54. The molecule has 8 nitrogen and oxygen atoms in total. The Hall–Kier alpha value is -3.13. The molecule has 0 radical (unpaired) electrons. The molecule has 1 saturated heterocycles. The van der Waals surface area contributed by atoms with Gasteiger partial charge in [-0.2, -0.15) is 0 Å². The summed E-state index contributed by atoms with van der Waals surface area (Å²) < 4.78 is 16.8. The first-order valence-corrected chi connectivity index (χ1v) is 12.8. The van der Waals surface area contributed by atoms with Gasteiger partial charge in [0, 0.05) is 61.7 Å². The van der Waals surface area contributed by atoms with Crippen LogP contribution in [0.1, 0.15) is 34.6 Å². The summed E-state index contributed by atoms with van der Waals surface area (Å²) in [6, 6.07) is 14.5. The van der Waals surface area contributed by atoms with Gasteiger partial charge < -0.3 is 29.3 Å². The molecule has 2 aromatic rings. The molecule has 0 bridgehead atoms. The van der Waals surface area contributed by atoms with Crippen molar-refractivity contribution in [2.75, 3.05) is 57.2 Å². The Morgan fingerprint density at radius 1 is 1.00 bits per heavy atom. The molecule has 36 heavy (non-hydrogen) atoms. The molecule has 0 aliphatic carbocycles. The molecule has 1 atom stereocenters. The number of carbonyl (C=O) groups excluding carboxylic acids is 1. The molecule has 2 amide bonds. The van der Waals surface area contributed by atoms with E-state index in [0.29, 0.717) is 49.0 Å². The van der Waals surface area contributed by atoms with Gasteiger partial charge in [-0.05, 0) is 71.0 Å². The van der Waals surface area contributed by atoms with Crippen molar-refractivity contribution in [3.63, 3.8) is 0 Å². The fourth-order valence-corrected chi connectivity index (χ4v) is 4.74. The van der Waals surface area contributed by atoms with Crippen LogP contribution >= 0.6 is 0 Å². The number of hydrogen-bond acceptors (Lipinski definition) is 6. The lowest BCUT2D eigenvalue weighted by molar-refractivity contribution is 0.140. The molecule has 1 aliphatic heterocycles. The van der Waals surface area contributed by atoms with Crippen molar-refractivity contribution < 1.29 is 19.0 Å². The van der Waals surface area contributed by atoms with E-state index in [1.165, 1.54) is 0 Å². The maximum atomic E-state index is 13.1. The third kappa shape index (κ3) is 6.97. The lowest BCUT2D eigenvalue weighted by Gasteiger charge is -2.41. The zero-order valence-corrected chi connectivity index (χ0v) is 22.8. The van der Waals surface area contributed by atoms with Gasteiger partial charge in [0.1, 0.15) is 12.4 Å². The zero-order valence-electron chi connectivity index (χ0n) is 22.8. The van der Waals surface area contributed by atoms with E-state index in [1.54, 1.807) is 14.2 Å². The SMILES string of the molecule is COc1ccc(N2CCN(C(=O)Nc3ccc(OC)c(OCCN(C(C)C)C(C)C)c3)CC2C)cc1. The van der Waals surface area contributed by atoms with Crippen molar-refractivity contribution in [3.8, 4) is 17.2 Å². The van der Waals surface area contributed by atoms with Crippen molar-refractivity contribution in [1.29, 1.82) is 0 Å². The minimum Gasteiger partial charge on any atom is -0.497 e. The number of nitrogens with one attached hydrogen (secondary N) is 1. The van der Waals surface area contributed by atoms with Gasteiger partial charge >= 0.3 is 6.03 Å². The van der Waals surface area contributed by atoms with Crippen LogP contribution in [-0.4, -0.2) is 81.0 Å². The fourth-order valence-electron chi connectivity index (χ4n) is 4.74. The molecule has 0 saturated carbocycles. The molecule has 1 fully saturated rings. The highest BCUT2D eigenvalue weighted by molar-refractivity contribution is 5.90. The van der Waals surface area contributed by atoms with Crippen LogP contribution in [0.5, 0.6) is 17.2 Å². The van der Waals surface area contributed by atoms with E-state index >= 15 is 0 Å². The summed E-state index contributed by atoms with van der Waals surface area (Å²) in [7, 11) is 3.29. The van der Waals surface area contributed by atoms with E-state index in [4.69, 9.17) is 14.2 Å². The Morgan fingerprint density at radius 2 is 1.69 bits per heavy atom. The van der Waals surface area contributed by atoms with Crippen LogP contribution in [0.2, 0.25) is 0 Å². The van der Waals surface area contributed by atoms with Gasteiger partial charge in [0.05, 0.1) is 14.2 Å². The number of anilines is 2. The average molecular weight is 499 g/mol. The molecule has 0 spiro atoms. The smallest absolute Gasteiger partial charge is 0.321 e. The van der Waals surface area contributed by atoms with Gasteiger partial charge in [-0.1, -0.05) is 0 Å². The highest BCUT2D eigenvalue weighted by atomic mass is 16.5. The van der Waals surface area contributed by atoms with Crippen LogP contribution < -0.4 is 24.4 Å². The standard InChI is InChI=1S/C28H42N4O4/c1-20(2)31(21(3)4)16-17-36-27-18-23(8-13-26(27)35-7)29-28(33)30-14-15-32(22(5)19-30)24-9-11-25(34-6)12-10-24/h8-13,18,20-22H,14-17,19H2,1-7H3,(H,29,33). The summed E-state index contributed by atoms with van der Waals surface area (Å²) in [6.07, 6.45) is 0. The summed E-state index contributed by atoms with van der Waals surface area (Å²) in [4.78, 5) is 19.6. The zero-order chi connectivity index (χ0) is 26.2. The summed E-state index contributed by atoms with van der Waals surface area (Å²) in [5.74, 6) is 2.11. The van der Waals surface area contributed by atoms with Crippen molar-refractivity contribution in [2.24, 2.45) is 0 Å². The second kappa shape index (κ2) is 12.7. The van der Waals surface area contributed by atoms with E-state index in [0.717, 1.165) is 24.5 Å². The quantitative estimate of drug-likeness (QED) is 0.500. The van der Waals surface area contributed by atoms with Gasteiger partial charge in [-0.15, -0.1) is 0 Å². The van der Waals surface area contributed by atoms with Gasteiger partial charge in [0.25, 0.3) is 0 Å². The molecule has 2 aromatic carbocycles. The summed E-state index contributed by atoms with van der Waals surface area (Å²) in [5, 5.41) is 3.04. The highest BCUT2D eigenvalue weighted by Gasteiger charge is 2.27. The number of methoxy groups -OCH3 is 2. The molecule has 198 valence electrons. The molecule has 1 aliphatic rings. The number of carbonyl (C=O) groups is 1. The molecular formula is C28H42N4O4. The van der Waals surface area contributed by atoms with E-state index < -0.39 is 0 Å². The number of amides is 2. The lowest BCUT2D eigenvalue weighted by atomic mass is 10.1. The predicted octanol–water partition coefficient (Wildman–Crippen LogP) is 4.94. The number of benzene rings is 2. The fraction of sp³-hybridized carbons (Fsp3) is 0.536. The summed E-state index contributed by atoms with van der Waals surface area (Å²) in [5.41, 5.74) is 1.82. The number of rotatable bonds is 10. The van der Waals surface area contributed by atoms with Crippen molar-refractivity contribution >= 4 is 17.4 Å². The van der Waals surface area contributed by atoms with Gasteiger partial charge in [0.15, 0.2) is 11.5 Å². The van der Waals surface area contributed by atoms with Crippen molar-refractivity contribution in [3.05, 3.63) is 42.5 Å². The number of hydrogen-bond donors (Lipinski definition) is 1. The largest absolute Gasteiger partial charge is 0.497 e. The van der Waals surface area contributed by atoms with Crippen molar-refractivity contribution in [1.82, 2.24) is 9.80 Å². The Morgan fingerprint density at radius 3 is 2.28 bits per heavy atom.